The smallest absolute Gasteiger partial charge is 0.243 e. The van der Waals surface area contributed by atoms with Crippen LogP contribution in [-0.4, -0.2) is 31.7 Å². The molecule has 3 aromatic rings. The van der Waals surface area contributed by atoms with Gasteiger partial charge in [-0.1, -0.05) is 24.3 Å². The molecule has 21 heavy (non-hydrogen) atoms. The SMILES string of the molecule is CS(=O)CC(=O)n1cc(-c2ccccn2)c2ccccc21. The Balaban J connectivity index is 2.19. The lowest BCUT2D eigenvalue weighted by Gasteiger charge is -2.01. The van der Waals surface area contributed by atoms with E-state index in [2.05, 4.69) is 4.98 Å². The zero-order valence-corrected chi connectivity index (χ0v) is 12.3. The van der Waals surface area contributed by atoms with Crippen molar-refractivity contribution in [2.45, 2.75) is 0 Å². The van der Waals surface area contributed by atoms with Gasteiger partial charge in [-0.25, -0.2) is 0 Å². The molecule has 0 aliphatic rings. The summed E-state index contributed by atoms with van der Waals surface area (Å²) in [7, 11) is -1.16. The fourth-order valence-electron chi connectivity index (χ4n) is 2.36. The summed E-state index contributed by atoms with van der Waals surface area (Å²) in [6.45, 7) is 0. The average molecular weight is 298 g/mol. The Morgan fingerprint density at radius 3 is 2.67 bits per heavy atom. The van der Waals surface area contributed by atoms with Crippen LogP contribution in [0.15, 0.2) is 54.9 Å². The minimum atomic E-state index is -1.16. The van der Waals surface area contributed by atoms with E-state index < -0.39 is 10.8 Å². The summed E-state index contributed by atoms with van der Waals surface area (Å²) in [5.74, 6) is -0.158. The van der Waals surface area contributed by atoms with Crippen LogP contribution in [0.3, 0.4) is 0 Å². The molecule has 2 heterocycles. The van der Waals surface area contributed by atoms with Gasteiger partial charge in [-0.2, -0.15) is 0 Å². The summed E-state index contributed by atoms with van der Waals surface area (Å²) < 4.78 is 12.9. The summed E-state index contributed by atoms with van der Waals surface area (Å²) in [6, 6.07) is 13.4. The summed E-state index contributed by atoms with van der Waals surface area (Å²) in [4.78, 5) is 16.6. The Morgan fingerprint density at radius 1 is 1.19 bits per heavy atom. The van der Waals surface area contributed by atoms with Gasteiger partial charge in [0.25, 0.3) is 0 Å². The van der Waals surface area contributed by atoms with Gasteiger partial charge >= 0.3 is 0 Å². The molecule has 0 fully saturated rings. The third-order valence-electron chi connectivity index (χ3n) is 3.25. The molecule has 0 aliphatic heterocycles. The van der Waals surface area contributed by atoms with Gasteiger partial charge in [0, 0.05) is 40.4 Å². The summed E-state index contributed by atoms with van der Waals surface area (Å²) in [5, 5.41) is 0.964. The van der Waals surface area contributed by atoms with E-state index in [1.807, 2.05) is 42.5 Å². The number of pyridine rings is 1. The van der Waals surface area contributed by atoms with E-state index in [4.69, 9.17) is 0 Å². The molecule has 1 aromatic carbocycles. The molecule has 0 spiro atoms. The summed E-state index contributed by atoms with van der Waals surface area (Å²) in [6.07, 6.45) is 5.04. The molecule has 5 heteroatoms. The molecular weight excluding hydrogens is 284 g/mol. The third-order valence-corrected chi connectivity index (χ3v) is 3.90. The first-order valence-corrected chi connectivity index (χ1v) is 8.24. The maximum absolute atomic E-state index is 12.3. The van der Waals surface area contributed by atoms with E-state index in [1.54, 1.807) is 17.0 Å². The lowest BCUT2D eigenvalue weighted by Crippen LogP contribution is -2.16. The van der Waals surface area contributed by atoms with Crippen LogP contribution in [-0.2, 0) is 10.8 Å². The fraction of sp³-hybridized carbons (Fsp3) is 0.125. The van der Waals surface area contributed by atoms with Gasteiger partial charge in [-0.05, 0) is 18.2 Å². The quantitative estimate of drug-likeness (QED) is 0.747. The molecule has 3 rings (SSSR count). The van der Waals surface area contributed by atoms with Crippen molar-refractivity contribution in [2.75, 3.05) is 12.0 Å². The standard InChI is InChI=1S/C16H14N2O2S/c1-21(20)11-16(19)18-10-13(14-7-4-5-9-17-14)12-6-2-3-8-15(12)18/h2-10H,11H2,1H3. The second kappa shape index (κ2) is 5.61. The summed E-state index contributed by atoms with van der Waals surface area (Å²) >= 11 is 0. The first-order valence-electron chi connectivity index (χ1n) is 6.51. The number of hydrogen-bond acceptors (Lipinski definition) is 3. The highest BCUT2D eigenvalue weighted by Crippen LogP contribution is 2.29. The van der Waals surface area contributed by atoms with Gasteiger partial charge in [0.2, 0.25) is 5.91 Å². The Bertz CT molecular complexity index is 825. The average Bonchev–Trinajstić information content (AvgIpc) is 2.87. The van der Waals surface area contributed by atoms with Crippen LogP contribution < -0.4 is 0 Å². The van der Waals surface area contributed by atoms with Crippen LogP contribution >= 0.6 is 0 Å². The maximum atomic E-state index is 12.3. The second-order valence-corrected chi connectivity index (χ2v) is 6.19. The number of hydrogen-bond donors (Lipinski definition) is 0. The molecule has 0 radical (unpaired) electrons. The number of carbonyl (C=O) groups excluding carboxylic acids is 1. The van der Waals surface area contributed by atoms with Gasteiger partial charge in [0.1, 0.15) is 5.75 Å². The van der Waals surface area contributed by atoms with Crippen molar-refractivity contribution < 1.29 is 9.00 Å². The molecule has 106 valence electrons. The van der Waals surface area contributed by atoms with Crippen molar-refractivity contribution in [1.82, 2.24) is 9.55 Å². The molecule has 0 N–H and O–H groups in total. The number of carbonyl (C=O) groups is 1. The molecule has 0 bridgehead atoms. The molecule has 0 aliphatic carbocycles. The van der Waals surface area contributed by atoms with Gasteiger partial charge < -0.3 is 0 Å². The number of aromatic nitrogens is 2. The topological polar surface area (TPSA) is 52.0 Å². The van der Waals surface area contributed by atoms with Crippen LogP contribution in [0, 0.1) is 0 Å². The van der Waals surface area contributed by atoms with Crippen molar-refractivity contribution in [1.29, 1.82) is 0 Å². The highest BCUT2D eigenvalue weighted by Gasteiger charge is 2.15. The van der Waals surface area contributed by atoms with Crippen LogP contribution in [0.1, 0.15) is 4.79 Å². The van der Waals surface area contributed by atoms with Gasteiger partial charge in [-0.3, -0.25) is 18.6 Å². The van der Waals surface area contributed by atoms with Crippen LogP contribution in [0.25, 0.3) is 22.2 Å². The van der Waals surface area contributed by atoms with Gasteiger partial charge in [0.05, 0.1) is 11.2 Å². The van der Waals surface area contributed by atoms with Crippen molar-refractivity contribution in [3.05, 3.63) is 54.9 Å². The van der Waals surface area contributed by atoms with Crippen molar-refractivity contribution in [3.8, 4) is 11.3 Å². The van der Waals surface area contributed by atoms with Gasteiger partial charge in [0.15, 0.2) is 0 Å². The zero-order valence-electron chi connectivity index (χ0n) is 11.5. The highest BCUT2D eigenvalue weighted by molar-refractivity contribution is 7.85. The minimum Gasteiger partial charge on any atom is -0.286 e. The van der Waals surface area contributed by atoms with Crippen molar-refractivity contribution >= 4 is 27.6 Å². The largest absolute Gasteiger partial charge is 0.286 e. The third kappa shape index (κ3) is 2.64. The normalized spacial score (nSPS) is 12.4. The Kier molecular flexibility index (Phi) is 3.66. The van der Waals surface area contributed by atoms with Crippen LogP contribution in [0.2, 0.25) is 0 Å². The van der Waals surface area contributed by atoms with E-state index in [0.29, 0.717) is 0 Å². The summed E-state index contributed by atoms with van der Waals surface area (Å²) in [5.41, 5.74) is 2.54. The van der Waals surface area contributed by atoms with Crippen LogP contribution in [0.5, 0.6) is 0 Å². The highest BCUT2D eigenvalue weighted by atomic mass is 32.2. The van der Waals surface area contributed by atoms with Gasteiger partial charge in [-0.15, -0.1) is 0 Å². The maximum Gasteiger partial charge on any atom is 0.243 e. The molecular formula is C16H14N2O2S. The Labute approximate surface area is 124 Å². The lowest BCUT2D eigenvalue weighted by atomic mass is 10.1. The molecule has 2 aromatic heterocycles. The van der Waals surface area contributed by atoms with E-state index >= 15 is 0 Å². The monoisotopic (exact) mass is 298 g/mol. The molecule has 0 saturated carbocycles. The van der Waals surface area contributed by atoms with E-state index in [-0.39, 0.29) is 11.7 Å². The predicted octanol–water partition coefficient (Wildman–Crippen LogP) is 2.72. The van der Waals surface area contributed by atoms with E-state index in [0.717, 1.165) is 22.2 Å². The fourth-order valence-corrected chi connectivity index (χ4v) is 2.84. The Hall–Kier alpha value is -2.27. The van der Waals surface area contributed by atoms with E-state index in [9.17, 15) is 9.00 Å². The van der Waals surface area contributed by atoms with Crippen molar-refractivity contribution in [3.63, 3.8) is 0 Å². The lowest BCUT2D eigenvalue weighted by molar-refractivity contribution is 0.0946. The number of para-hydroxylation sites is 1. The Morgan fingerprint density at radius 2 is 1.95 bits per heavy atom. The molecule has 0 amide bonds. The number of nitrogens with zero attached hydrogens (tertiary/aromatic N) is 2. The first-order chi connectivity index (χ1) is 10.2. The predicted molar refractivity (Wildman–Crippen MR) is 84.7 cm³/mol. The zero-order chi connectivity index (χ0) is 14.8. The molecule has 0 saturated heterocycles. The number of fused-ring (bicyclic) bond motifs is 1. The second-order valence-electron chi connectivity index (χ2n) is 4.76. The van der Waals surface area contributed by atoms with E-state index in [1.165, 1.54) is 6.26 Å². The minimum absolute atomic E-state index is 0.0142. The molecule has 4 nitrogen and oxygen atoms in total. The van der Waals surface area contributed by atoms with Crippen molar-refractivity contribution in [2.24, 2.45) is 0 Å². The first kappa shape index (κ1) is 13.7. The molecule has 1 unspecified atom stereocenters. The molecule has 1 atom stereocenters. The number of benzene rings is 1. The number of rotatable bonds is 3. The van der Waals surface area contributed by atoms with Crippen LogP contribution in [0.4, 0.5) is 0 Å².